The van der Waals surface area contributed by atoms with Crippen molar-refractivity contribution in [2.45, 2.75) is 44.8 Å². The van der Waals surface area contributed by atoms with Crippen LogP contribution in [0, 0.1) is 0 Å². The second kappa shape index (κ2) is 12.9. The van der Waals surface area contributed by atoms with E-state index in [1.54, 1.807) is 17.9 Å². The molecule has 2 heterocycles. The summed E-state index contributed by atoms with van der Waals surface area (Å²) < 4.78 is 1.71. The van der Waals surface area contributed by atoms with Crippen molar-refractivity contribution >= 4 is 30.7 Å². The van der Waals surface area contributed by atoms with Gasteiger partial charge in [-0.25, -0.2) is 0 Å². The Balaban J connectivity index is 0.00000210. The molecule has 1 saturated heterocycles. The molecular formula is C21H33Cl2N5O. The summed E-state index contributed by atoms with van der Waals surface area (Å²) in [5, 5.41) is 10.3. The molecule has 1 aliphatic rings. The smallest absolute Gasteiger partial charge is 0.242 e. The first-order valence-corrected chi connectivity index (χ1v) is 9.89. The van der Waals surface area contributed by atoms with E-state index in [9.17, 15) is 4.79 Å². The number of carbonyl (C=O) groups is 1. The number of carbonyl (C=O) groups excluding carboxylic acids is 1. The zero-order valence-corrected chi connectivity index (χ0v) is 18.9. The van der Waals surface area contributed by atoms with Crippen LogP contribution in [-0.4, -0.2) is 40.7 Å². The van der Waals surface area contributed by atoms with Gasteiger partial charge in [0.2, 0.25) is 5.91 Å². The maximum Gasteiger partial charge on any atom is 0.242 e. The lowest BCUT2D eigenvalue weighted by Gasteiger charge is -2.20. The van der Waals surface area contributed by atoms with Gasteiger partial charge in [-0.1, -0.05) is 37.1 Å². The number of nitrogens with zero attached hydrogens (tertiary/aromatic N) is 3. The third-order valence-electron chi connectivity index (χ3n) is 5.17. The zero-order chi connectivity index (χ0) is 19.1. The van der Waals surface area contributed by atoms with E-state index in [0.717, 1.165) is 17.7 Å². The second-order valence-corrected chi connectivity index (χ2v) is 7.40. The topological polar surface area (TPSA) is 62.2 Å². The van der Waals surface area contributed by atoms with E-state index in [4.69, 9.17) is 0 Å². The van der Waals surface area contributed by atoms with Crippen LogP contribution in [0.5, 0.6) is 0 Å². The Morgan fingerprint density at radius 1 is 1.14 bits per heavy atom. The molecule has 0 saturated carbocycles. The lowest BCUT2D eigenvalue weighted by molar-refractivity contribution is -0.123. The van der Waals surface area contributed by atoms with E-state index >= 15 is 0 Å². The summed E-state index contributed by atoms with van der Waals surface area (Å²) in [5.41, 5.74) is 3.32. The summed E-state index contributed by atoms with van der Waals surface area (Å²) in [6, 6.07) is 8.17. The minimum atomic E-state index is -0.390. The first-order chi connectivity index (χ1) is 13.2. The van der Waals surface area contributed by atoms with Crippen molar-refractivity contribution in [1.82, 2.24) is 25.3 Å². The van der Waals surface area contributed by atoms with Gasteiger partial charge in [0.25, 0.3) is 0 Å². The molecule has 0 aliphatic carbocycles. The highest BCUT2D eigenvalue weighted by Gasteiger charge is 2.19. The van der Waals surface area contributed by atoms with Crippen LogP contribution in [0.15, 0.2) is 36.7 Å². The molecule has 8 heteroatoms. The number of amides is 1. The van der Waals surface area contributed by atoms with Crippen molar-refractivity contribution in [2.75, 3.05) is 20.1 Å². The summed E-state index contributed by atoms with van der Waals surface area (Å²) >= 11 is 0. The molecule has 29 heavy (non-hydrogen) atoms. The van der Waals surface area contributed by atoms with E-state index in [0.29, 0.717) is 6.54 Å². The van der Waals surface area contributed by atoms with Crippen LogP contribution >= 0.6 is 24.8 Å². The fourth-order valence-corrected chi connectivity index (χ4v) is 3.72. The second-order valence-electron chi connectivity index (χ2n) is 7.40. The van der Waals surface area contributed by atoms with E-state index < -0.39 is 0 Å². The van der Waals surface area contributed by atoms with Crippen LogP contribution < -0.4 is 10.6 Å². The molecule has 1 aromatic heterocycles. The highest BCUT2D eigenvalue weighted by Crippen LogP contribution is 2.15. The number of rotatable bonds is 7. The molecule has 1 fully saturated rings. The molecule has 2 aromatic rings. The van der Waals surface area contributed by atoms with Gasteiger partial charge in [-0.2, -0.15) is 5.10 Å². The van der Waals surface area contributed by atoms with Crippen LogP contribution in [-0.2, 0) is 24.9 Å². The number of likely N-dealkylation sites (tertiary alicyclic amines) is 1. The van der Waals surface area contributed by atoms with Crippen molar-refractivity contribution in [2.24, 2.45) is 7.05 Å². The summed E-state index contributed by atoms with van der Waals surface area (Å²) in [5.74, 6) is -0.0385. The van der Waals surface area contributed by atoms with Gasteiger partial charge in [0.1, 0.15) is 6.04 Å². The molecule has 0 radical (unpaired) electrons. The van der Waals surface area contributed by atoms with Crippen LogP contribution in [0.3, 0.4) is 0 Å². The van der Waals surface area contributed by atoms with Gasteiger partial charge < -0.3 is 10.6 Å². The van der Waals surface area contributed by atoms with Crippen LogP contribution in [0.1, 0.15) is 48.4 Å². The molecular weight excluding hydrogens is 409 g/mol. The Bertz CT molecular complexity index is 744. The highest BCUT2D eigenvalue weighted by atomic mass is 35.5. The molecule has 0 spiro atoms. The van der Waals surface area contributed by atoms with Gasteiger partial charge in [-0.05, 0) is 44.1 Å². The van der Waals surface area contributed by atoms with Gasteiger partial charge in [0, 0.05) is 31.9 Å². The molecule has 6 nitrogen and oxygen atoms in total. The Kier molecular flexibility index (Phi) is 11.3. The van der Waals surface area contributed by atoms with E-state index in [2.05, 4.69) is 44.9 Å². The average molecular weight is 442 g/mol. The van der Waals surface area contributed by atoms with Gasteiger partial charge >= 0.3 is 0 Å². The average Bonchev–Trinajstić information content (AvgIpc) is 2.92. The van der Waals surface area contributed by atoms with Crippen molar-refractivity contribution in [1.29, 1.82) is 0 Å². The van der Waals surface area contributed by atoms with Gasteiger partial charge in [-0.15, -0.1) is 24.8 Å². The monoisotopic (exact) mass is 441 g/mol. The minimum absolute atomic E-state index is 0. The Hall–Kier alpha value is -1.60. The molecule has 1 atom stereocenters. The number of aromatic nitrogens is 2. The first kappa shape index (κ1) is 25.4. The molecule has 162 valence electrons. The maximum atomic E-state index is 12.6. The lowest BCUT2D eigenvalue weighted by atomic mass is 10.1. The molecule has 2 N–H and O–H groups in total. The van der Waals surface area contributed by atoms with Crippen molar-refractivity contribution in [3.8, 4) is 0 Å². The minimum Gasteiger partial charge on any atom is -0.350 e. The van der Waals surface area contributed by atoms with E-state index in [-0.39, 0.29) is 36.8 Å². The third kappa shape index (κ3) is 7.63. The van der Waals surface area contributed by atoms with Crippen LogP contribution in [0.4, 0.5) is 0 Å². The fraction of sp³-hybridized carbons (Fsp3) is 0.524. The number of aryl methyl sites for hydroxylation is 1. The summed E-state index contributed by atoms with van der Waals surface area (Å²) in [4.78, 5) is 15.1. The lowest BCUT2D eigenvalue weighted by Crippen LogP contribution is -2.35. The van der Waals surface area contributed by atoms with E-state index in [1.165, 1.54) is 44.3 Å². The Morgan fingerprint density at radius 3 is 2.45 bits per heavy atom. The molecule has 0 bridgehead atoms. The number of hydrogen-bond donors (Lipinski definition) is 2. The summed E-state index contributed by atoms with van der Waals surface area (Å²) in [6.07, 6.45) is 8.90. The van der Waals surface area contributed by atoms with Gasteiger partial charge in [0.05, 0.1) is 6.20 Å². The number of halogens is 2. The predicted octanol–water partition coefficient (Wildman–Crippen LogP) is 3.22. The standard InChI is InChI=1S/C21H31N5O.2ClH/c1-22-20(19-14-24-25(2)16-19)21(27)23-13-17-8-7-9-18(12-17)15-26-10-5-3-4-6-11-26;;/h7-9,12,14,16,20,22H,3-6,10-11,13,15H2,1-2H3,(H,23,27);2*1H. The molecule has 3 rings (SSSR count). The summed E-state index contributed by atoms with van der Waals surface area (Å²) in [7, 11) is 3.64. The quantitative estimate of drug-likeness (QED) is 0.692. The number of likely N-dealkylation sites (N-methyl/N-ethyl adjacent to an activating group) is 1. The van der Waals surface area contributed by atoms with Crippen molar-refractivity contribution in [3.63, 3.8) is 0 Å². The predicted molar refractivity (Wildman–Crippen MR) is 122 cm³/mol. The Labute approximate surface area is 186 Å². The SMILES string of the molecule is CNC(C(=O)NCc1cccc(CN2CCCCCC2)c1)c1cnn(C)c1.Cl.Cl. The molecule has 1 amide bonds. The fourth-order valence-electron chi connectivity index (χ4n) is 3.72. The molecule has 1 unspecified atom stereocenters. The largest absolute Gasteiger partial charge is 0.350 e. The number of hydrogen-bond acceptors (Lipinski definition) is 4. The molecule has 1 aromatic carbocycles. The third-order valence-corrected chi connectivity index (χ3v) is 5.17. The molecule has 1 aliphatic heterocycles. The normalized spacial score (nSPS) is 15.5. The van der Waals surface area contributed by atoms with Gasteiger partial charge in [0.15, 0.2) is 0 Å². The number of benzene rings is 1. The number of nitrogens with one attached hydrogen (secondary N) is 2. The highest BCUT2D eigenvalue weighted by molar-refractivity contribution is 5.85. The first-order valence-electron chi connectivity index (χ1n) is 9.89. The zero-order valence-electron chi connectivity index (χ0n) is 17.3. The van der Waals surface area contributed by atoms with Crippen molar-refractivity contribution in [3.05, 3.63) is 53.3 Å². The van der Waals surface area contributed by atoms with Crippen molar-refractivity contribution < 1.29 is 4.79 Å². The Morgan fingerprint density at radius 2 is 1.83 bits per heavy atom. The van der Waals surface area contributed by atoms with Gasteiger partial charge in [-0.3, -0.25) is 14.4 Å². The maximum absolute atomic E-state index is 12.6. The van der Waals surface area contributed by atoms with Crippen LogP contribution in [0.2, 0.25) is 0 Å². The van der Waals surface area contributed by atoms with Crippen LogP contribution in [0.25, 0.3) is 0 Å². The summed E-state index contributed by atoms with van der Waals surface area (Å²) in [6.45, 7) is 3.91. The van der Waals surface area contributed by atoms with E-state index in [1.807, 2.05) is 13.2 Å².